The van der Waals surface area contributed by atoms with E-state index in [-0.39, 0.29) is 0 Å². The molecule has 216 valence electrons. The summed E-state index contributed by atoms with van der Waals surface area (Å²) in [5, 5.41) is 2.24. The molecule has 1 aliphatic carbocycles. The zero-order valence-corrected chi connectivity index (χ0v) is 24.9. The molecule has 1 aliphatic heterocycles. The van der Waals surface area contributed by atoms with Crippen molar-refractivity contribution in [2.75, 3.05) is 4.90 Å². The molecule has 0 N–H and O–H groups in total. The largest absolute Gasteiger partial charge is 0.457 e. The van der Waals surface area contributed by atoms with Gasteiger partial charge in [0.15, 0.2) is 0 Å². The Labute approximate surface area is 266 Å². The second-order valence-electron chi connectivity index (χ2n) is 12.0. The third-order valence-corrected chi connectivity index (χ3v) is 9.71. The van der Waals surface area contributed by atoms with E-state index in [4.69, 9.17) is 9.15 Å². The second kappa shape index (κ2) is 9.47. The number of ether oxygens (including phenoxy) is 1. The summed E-state index contributed by atoms with van der Waals surface area (Å²) in [5.74, 6) is 1.79. The fraction of sp³-hybridized carbons (Fsp3) is 0.0233. The molecule has 1 spiro atoms. The minimum absolute atomic E-state index is 0.521. The minimum atomic E-state index is -0.521. The second-order valence-corrected chi connectivity index (χ2v) is 12.0. The highest BCUT2D eigenvalue weighted by Gasteiger charge is 2.51. The predicted octanol–water partition coefficient (Wildman–Crippen LogP) is 11.5. The zero-order valence-electron chi connectivity index (χ0n) is 24.9. The van der Waals surface area contributed by atoms with Crippen molar-refractivity contribution in [1.82, 2.24) is 0 Å². The molecule has 8 aromatic rings. The highest BCUT2D eigenvalue weighted by Crippen LogP contribution is 2.63. The smallest absolute Gasteiger partial charge is 0.136 e. The number of benzene rings is 7. The van der Waals surface area contributed by atoms with Gasteiger partial charge in [-0.05, 0) is 82.9 Å². The molecular formula is C43H27NO2. The predicted molar refractivity (Wildman–Crippen MR) is 186 cm³/mol. The molecule has 1 aromatic heterocycles. The first-order valence-corrected chi connectivity index (χ1v) is 15.7. The van der Waals surface area contributed by atoms with E-state index in [9.17, 15) is 0 Å². The Morgan fingerprint density at radius 2 is 1.00 bits per heavy atom. The van der Waals surface area contributed by atoms with E-state index in [0.717, 1.165) is 61.6 Å². The Kier molecular flexibility index (Phi) is 5.20. The van der Waals surface area contributed by atoms with Gasteiger partial charge >= 0.3 is 0 Å². The Morgan fingerprint density at radius 1 is 0.435 bits per heavy atom. The average molecular weight is 590 g/mol. The van der Waals surface area contributed by atoms with Crippen molar-refractivity contribution >= 4 is 39.0 Å². The maximum atomic E-state index is 6.61. The first-order valence-electron chi connectivity index (χ1n) is 15.7. The van der Waals surface area contributed by atoms with Crippen molar-refractivity contribution in [3.05, 3.63) is 186 Å². The standard InChI is InChI=1S/C43H27NO2/c1-3-13-28(14-4-1)44(29-15-5-2-6-16-29)30-23-25-37-32(27-30)42-40(45-37)26-24-36-41(42)31-17-7-8-18-33(31)43(36)34-19-9-11-21-38(34)46-39-22-12-10-20-35(39)43/h1-27H. The van der Waals surface area contributed by atoms with Crippen LogP contribution in [0, 0.1) is 0 Å². The average Bonchev–Trinajstić information content (AvgIpc) is 3.63. The van der Waals surface area contributed by atoms with Gasteiger partial charge in [-0.25, -0.2) is 0 Å². The van der Waals surface area contributed by atoms with Crippen LogP contribution in [-0.2, 0) is 5.41 Å². The maximum absolute atomic E-state index is 6.61. The summed E-state index contributed by atoms with van der Waals surface area (Å²) < 4.78 is 13.1. The van der Waals surface area contributed by atoms with Gasteiger partial charge in [0.2, 0.25) is 0 Å². The molecule has 7 aromatic carbocycles. The molecule has 0 fully saturated rings. The van der Waals surface area contributed by atoms with Crippen molar-refractivity contribution in [2.45, 2.75) is 5.41 Å². The van der Waals surface area contributed by atoms with Crippen molar-refractivity contribution in [2.24, 2.45) is 0 Å². The molecule has 3 heteroatoms. The molecule has 2 heterocycles. The fourth-order valence-electron chi connectivity index (χ4n) is 7.94. The molecule has 0 saturated heterocycles. The Balaban J connectivity index is 1.30. The number of hydrogen-bond donors (Lipinski definition) is 0. The van der Waals surface area contributed by atoms with E-state index < -0.39 is 5.41 Å². The molecule has 0 unspecified atom stereocenters. The van der Waals surface area contributed by atoms with Crippen LogP contribution in [0.5, 0.6) is 11.5 Å². The normalized spacial score (nSPS) is 13.6. The van der Waals surface area contributed by atoms with Gasteiger partial charge in [0.1, 0.15) is 22.7 Å². The van der Waals surface area contributed by atoms with E-state index in [1.807, 2.05) is 0 Å². The maximum Gasteiger partial charge on any atom is 0.136 e. The topological polar surface area (TPSA) is 25.6 Å². The summed E-state index contributed by atoms with van der Waals surface area (Å²) in [5.41, 5.74) is 11.8. The molecule has 0 radical (unpaired) electrons. The molecule has 3 nitrogen and oxygen atoms in total. The molecule has 0 saturated carbocycles. The lowest BCUT2D eigenvalue weighted by molar-refractivity contribution is 0.436. The van der Waals surface area contributed by atoms with Gasteiger partial charge in [-0.3, -0.25) is 0 Å². The van der Waals surface area contributed by atoms with Crippen molar-refractivity contribution in [1.29, 1.82) is 0 Å². The molecular weight excluding hydrogens is 562 g/mol. The van der Waals surface area contributed by atoms with E-state index in [1.54, 1.807) is 0 Å². The van der Waals surface area contributed by atoms with E-state index in [1.165, 1.54) is 22.3 Å². The number of fused-ring (bicyclic) bond motifs is 13. The summed E-state index contributed by atoms with van der Waals surface area (Å²) in [6.07, 6.45) is 0. The summed E-state index contributed by atoms with van der Waals surface area (Å²) in [4.78, 5) is 2.31. The van der Waals surface area contributed by atoms with Crippen molar-refractivity contribution < 1.29 is 9.15 Å². The number of hydrogen-bond acceptors (Lipinski definition) is 3. The fourth-order valence-corrected chi connectivity index (χ4v) is 7.94. The highest BCUT2D eigenvalue weighted by molar-refractivity contribution is 6.16. The summed E-state index contributed by atoms with van der Waals surface area (Å²) in [6.45, 7) is 0. The van der Waals surface area contributed by atoms with Crippen molar-refractivity contribution in [3.63, 3.8) is 0 Å². The van der Waals surface area contributed by atoms with Crippen LogP contribution in [0.2, 0.25) is 0 Å². The number of furan rings is 1. The molecule has 0 atom stereocenters. The molecule has 0 amide bonds. The number of nitrogens with zero attached hydrogens (tertiary/aromatic N) is 1. The van der Waals surface area contributed by atoms with Gasteiger partial charge in [-0.15, -0.1) is 0 Å². The van der Waals surface area contributed by atoms with Crippen LogP contribution < -0.4 is 9.64 Å². The summed E-state index contributed by atoms with van der Waals surface area (Å²) in [7, 11) is 0. The van der Waals surface area contributed by atoms with Gasteiger partial charge in [0.25, 0.3) is 0 Å². The quantitative estimate of drug-likeness (QED) is 0.205. The number of rotatable bonds is 3. The Hall–Kier alpha value is -6.06. The lowest BCUT2D eigenvalue weighted by Gasteiger charge is -2.39. The first kappa shape index (κ1) is 25.3. The SMILES string of the molecule is c1ccc(N(c2ccccc2)c2ccc3oc4ccc5c(c4c3c2)-c2ccccc2C52c3ccccc3Oc3ccccc32)cc1. The zero-order chi connectivity index (χ0) is 30.2. The van der Waals surface area contributed by atoms with Crippen LogP contribution >= 0.6 is 0 Å². The number of para-hydroxylation sites is 4. The summed E-state index contributed by atoms with van der Waals surface area (Å²) in [6, 6.07) is 58.0. The monoisotopic (exact) mass is 589 g/mol. The lowest BCUT2D eigenvalue weighted by Crippen LogP contribution is -2.32. The number of anilines is 3. The molecule has 10 rings (SSSR count). The van der Waals surface area contributed by atoms with Gasteiger partial charge in [0, 0.05) is 39.0 Å². The minimum Gasteiger partial charge on any atom is -0.457 e. The van der Waals surface area contributed by atoms with E-state index in [2.05, 4.69) is 169 Å². The van der Waals surface area contributed by atoms with E-state index in [0.29, 0.717) is 0 Å². The van der Waals surface area contributed by atoms with Crippen LogP contribution in [-0.4, -0.2) is 0 Å². The molecule has 2 aliphatic rings. The van der Waals surface area contributed by atoms with Crippen LogP contribution in [0.1, 0.15) is 22.3 Å². The molecule has 0 bridgehead atoms. The Bertz CT molecular complexity index is 2370. The van der Waals surface area contributed by atoms with Crippen molar-refractivity contribution in [3.8, 4) is 22.6 Å². The molecule has 46 heavy (non-hydrogen) atoms. The van der Waals surface area contributed by atoms with Gasteiger partial charge in [0.05, 0.1) is 5.41 Å². The third kappa shape index (κ3) is 3.32. The van der Waals surface area contributed by atoms with Crippen LogP contribution in [0.25, 0.3) is 33.1 Å². The summed E-state index contributed by atoms with van der Waals surface area (Å²) >= 11 is 0. The van der Waals surface area contributed by atoms with E-state index >= 15 is 0 Å². The first-order chi connectivity index (χ1) is 22.8. The van der Waals surface area contributed by atoms with Crippen LogP contribution in [0.3, 0.4) is 0 Å². The van der Waals surface area contributed by atoms with Gasteiger partial charge in [-0.2, -0.15) is 0 Å². The third-order valence-electron chi connectivity index (χ3n) is 9.71. The highest BCUT2D eigenvalue weighted by atomic mass is 16.5. The van der Waals surface area contributed by atoms with Crippen LogP contribution in [0.4, 0.5) is 17.1 Å². The Morgan fingerprint density at radius 3 is 1.67 bits per heavy atom. The van der Waals surface area contributed by atoms with Gasteiger partial charge in [-0.1, -0.05) is 103 Å². The van der Waals surface area contributed by atoms with Crippen LogP contribution in [0.15, 0.2) is 168 Å². The van der Waals surface area contributed by atoms with Gasteiger partial charge < -0.3 is 14.1 Å². The lowest BCUT2D eigenvalue weighted by atomic mass is 9.66.